The van der Waals surface area contributed by atoms with Gasteiger partial charge in [-0.2, -0.15) is 0 Å². The Balaban J connectivity index is 1.90. The zero-order valence-electron chi connectivity index (χ0n) is 12.6. The molecule has 21 heavy (non-hydrogen) atoms. The van der Waals surface area contributed by atoms with Crippen molar-refractivity contribution in [1.29, 1.82) is 0 Å². The molecule has 0 bridgehead atoms. The lowest BCUT2D eigenvalue weighted by molar-refractivity contribution is 0.0952. The van der Waals surface area contributed by atoms with Crippen LogP contribution in [-0.2, 0) is 12.8 Å². The van der Waals surface area contributed by atoms with Crippen molar-refractivity contribution >= 4 is 5.91 Å². The van der Waals surface area contributed by atoms with Gasteiger partial charge in [0.05, 0.1) is 12.8 Å². The van der Waals surface area contributed by atoms with Crippen LogP contribution < -0.4 is 10.1 Å². The normalized spacial score (nSPS) is 10.4. The van der Waals surface area contributed by atoms with Gasteiger partial charge < -0.3 is 14.6 Å². The third kappa shape index (κ3) is 3.62. The largest absolute Gasteiger partial charge is 0.497 e. The first-order chi connectivity index (χ1) is 10.2. The fraction of sp³-hybridized carbons (Fsp3) is 0.375. The predicted octanol–water partition coefficient (Wildman–Crippen LogP) is 2.53. The molecule has 1 N–H and O–H groups in total. The van der Waals surface area contributed by atoms with Crippen LogP contribution in [0.4, 0.5) is 0 Å². The van der Waals surface area contributed by atoms with Gasteiger partial charge in [-0.3, -0.25) is 4.79 Å². The summed E-state index contributed by atoms with van der Waals surface area (Å²) in [5, 5.41) is 6.80. The topological polar surface area (TPSA) is 64.4 Å². The summed E-state index contributed by atoms with van der Waals surface area (Å²) in [6.07, 6.45) is 1.44. The summed E-state index contributed by atoms with van der Waals surface area (Å²) in [7, 11) is 1.64. The maximum atomic E-state index is 12.2. The molecule has 0 aliphatic heterocycles. The highest BCUT2D eigenvalue weighted by Gasteiger charge is 2.18. The summed E-state index contributed by atoms with van der Waals surface area (Å²) < 4.78 is 10.2. The summed E-state index contributed by atoms with van der Waals surface area (Å²) in [5.41, 5.74) is 2.41. The molecule has 0 saturated carbocycles. The van der Waals surface area contributed by atoms with Crippen LogP contribution in [0.3, 0.4) is 0 Å². The summed E-state index contributed by atoms with van der Waals surface area (Å²) in [6.45, 7) is 4.27. The van der Waals surface area contributed by atoms with Crippen LogP contribution in [0.2, 0.25) is 0 Å². The molecule has 0 aliphatic carbocycles. The van der Waals surface area contributed by atoms with E-state index in [2.05, 4.69) is 10.5 Å². The summed E-state index contributed by atoms with van der Waals surface area (Å²) in [4.78, 5) is 12.2. The highest BCUT2D eigenvalue weighted by molar-refractivity contribution is 5.96. The molecule has 2 aromatic rings. The van der Waals surface area contributed by atoms with Gasteiger partial charge in [0.2, 0.25) is 0 Å². The summed E-state index contributed by atoms with van der Waals surface area (Å²) in [6, 6.07) is 7.81. The number of amides is 1. The molecule has 0 spiro atoms. The molecule has 5 heteroatoms. The van der Waals surface area contributed by atoms with E-state index in [9.17, 15) is 4.79 Å². The van der Waals surface area contributed by atoms with Crippen LogP contribution in [0.25, 0.3) is 0 Å². The number of nitrogens with one attached hydrogen (secondary N) is 1. The lowest BCUT2D eigenvalue weighted by Gasteiger charge is -2.06. The SMILES string of the molecule is CCc1noc(C)c1C(=O)NCCc1ccc(OC)cc1. The Morgan fingerprint density at radius 2 is 2.05 bits per heavy atom. The first-order valence-electron chi connectivity index (χ1n) is 7.02. The molecule has 0 unspecified atom stereocenters. The molecule has 2 rings (SSSR count). The quantitative estimate of drug-likeness (QED) is 0.887. The van der Waals surface area contributed by atoms with Gasteiger partial charge in [0.25, 0.3) is 5.91 Å². The molecular formula is C16H20N2O3. The minimum Gasteiger partial charge on any atom is -0.497 e. The van der Waals surface area contributed by atoms with Crippen molar-refractivity contribution in [2.24, 2.45) is 0 Å². The number of hydrogen-bond donors (Lipinski definition) is 1. The number of rotatable bonds is 6. The number of nitrogens with zero attached hydrogens (tertiary/aromatic N) is 1. The Morgan fingerprint density at radius 3 is 2.67 bits per heavy atom. The van der Waals surface area contributed by atoms with Gasteiger partial charge >= 0.3 is 0 Å². The molecular weight excluding hydrogens is 268 g/mol. The Bertz CT molecular complexity index is 602. The van der Waals surface area contributed by atoms with E-state index in [-0.39, 0.29) is 5.91 Å². The van der Waals surface area contributed by atoms with Crippen molar-refractivity contribution in [3.05, 3.63) is 46.8 Å². The fourth-order valence-corrected chi connectivity index (χ4v) is 2.15. The first-order valence-corrected chi connectivity index (χ1v) is 7.02. The number of carbonyl (C=O) groups is 1. The maximum Gasteiger partial charge on any atom is 0.256 e. The van der Waals surface area contributed by atoms with E-state index in [0.29, 0.717) is 30.0 Å². The minimum atomic E-state index is -0.126. The van der Waals surface area contributed by atoms with Gasteiger partial charge in [-0.1, -0.05) is 24.2 Å². The van der Waals surface area contributed by atoms with E-state index < -0.39 is 0 Å². The van der Waals surface area contributed by atoms with Crippen LogP contribution in [0.5, 0.6) is 5.75 Å². The third-order valence-electron chi connectivity index (χ3n) is 3.35. The van der Waals surface area contributed by atoms with Gasteiger partial charge in [-0.05, 0) is 37.5 Å². The second kappa shape index (κ2) is 6.92. The van der Waals surface area contributed by atoms with Crippen molar-refractivity contribution in [3.8, 4) is 5.75 Å². The lowest BCUT2D eigenvalue weighted by Crippen LogP contribution is -2.26. The smallest absolute Gasteiger partial charge is 0.256 e. The second-order valence-corrected chi connectivity index (χ2v) is 4.77. The van der Waals surface area contributed by atoms with Crippen molar-refractivity contribution in [1.82, 2.24) is 10.5 Å². The van der Waals surface area contributed by atoms with Gasteiger partial charge in [0.15, 0.2) is 0 Å². The highest BCUT2D eigenvalue weighted by Crippen LogP contribution is 2.14. The monoisotopic (exact) mass is 288 g/mol. The van der Waals surface area contributed by atoms with E-state index in [1.807, 2.05) is 31.2 Å². The average Bonchev–Trinajstić information content (AvgIpc) is 2.89. The zero-order valence-corrected chi connectivity index (χ0v) is 12.6. The van der Waals surface area contributed by atoms with E-state index in [4.69, 9.17) is 9.26 Å². The van der Waals surface area contributed by atoms with Crippen molar-refractivity contribution < 1.29 is 14.1 Å². The van der Waals surface area contributed by atoms with Gasteiger partial charge in [0, 0.05) is 6.54 Å². The first kappa shape index (κ1) is 15.1. The molecule has 1 heterocycles. The maximum absolute atomic E-state index is 12.2. The highest BCUT2D eigenvalue weighted by atomic mass is 16.5. The molecule has 0 fully saturated rings. The minimum absolute atomic E-state index is 0.126. The van der Waals surface area contributed by atoms with Crippen LogP contribution >= 0.6 is 0 Å². The Labute approximate surface area is 124 Å². The number of aromatic nitrogens is 1. The molecule has 1 aromatic heterocycles. The van der Waals surface area contributed by atoms with Gasteiger partial charge in [0.1, 0.15) is 17.1 Å². The summed E-state index contributed by atoms with van der Waals surface area (Å²) >= 11 is 0. The van der Waals surface area contributed by atoms with E-state index in [1.54, 1.807) is 14.0 Å². The predicted molar refractivity (Wildman–Crippen MR) is 79.6 cm³/mol. The Hall–Kier alpha value is -2.30. The zero-order chi connectivity index (χ0) is 15.2. The fourth-order valence-electron chi connectivity index (χ4n) is 2.15. The standard InChI is InChI=1S/C16H20N2O3/c1-4-14-15(11(2)21-18-14)16(19)17-10-9-12-5-7-13(20-3)8-6-12/h5-8H,4,9-10H2,1-3H3,(H,17,19). The van der Waals surface area contributed by atoms with E-state index in [0.717, 1.165) is 17.7 Å². The number of benzene rings is 1. The summed E-state index contributed by atoms with van der Waals surface area (Å²) in [5.74, 6) is 1.27. The number of aryl methyl sites for hydroxylation is 2. The molecule has 1 amide bonds. The number of hydrogen-bond acceptors (Lipinski definition) is 4. The molecule has 112 valence electrons. The Kier molecular flexibility index (Phi) is 4.98. The van der Waals surface area contributed by atoms with Crippen LogP contribution in [0, 0.1) is 6.92 Å². The lowest BCUT2D eigenvalue weighted by atomic mass is 10.1. The van der Waals surface area contributed by atoms with Crippen molar-refractivity contribution in [3.63, 3.8) is 0 Å². The molecule has 0 radical (unpaired) electrons. The molecule has 0 saturated heterocycles. The number of methoxy groups -OCH3 is 1. The van der Waals surface area contributed by atoms with Gasteiger partial charge in [-0.25, -0.2) is 0 Å². The molecule has 5 nitrogen and oxygen atoms in total. The van der Waals surface area contributed by atoms with E-state index >= 15 is 0 Å². The number of carbonyl (C=O) groups excluding carboxylic acids is 1. The van der Waals surface area contributed by atoms with Crippen LogP contribution in [0.15, 0.2) is 28.8 Å². The molecule has 0 aliphatic rings. The Morgan fingerprint density at radius 1 is 1.33 bits per heavy atom. The van der Waals surface area contributed by atoms with Crippen LogP contribution in [-0.4, -0.2) is 24.7 Å². The molecule has 0 atom stereocenters. The van der Waals surface area contributed by atoms with E-state index in [1.165, 1.54) is 0 Å². The number of ether oxygens (including phenoxy) is 1. The second-order valence-electron chi connectivity index (χ2n) is 4.77. The average molecular weight is 288 g/mol. The third-order valence-corrected chi connectivity index (χ3v) is 3.35. The van der Waals surface area contributed by atoms with Crippen molar-refractivity contribution in [2.45, 2.75) is 26.7 Å². The van der Waals surface area contributed by atoms with Gasteiger partial charge in [-0.15, -0.1) is 0 Å². The molecule has 1 aromatic carbocycles. The van der Waals surface area contributed by atoms with Crippen LogP contribution in [0.1, 0.15) is 34.3 Å². The van der Waals surface area contributed by atoms with Crippen molar-refractivity contribution in [2.75, 3.05) is 13.7 Å².